The van der Waals surface area contributed by atoms with Gasteiger partial charge in [-0.25, -0.2) is 12.7 Å². The standard InChI is InChI=1S/C12H17BrN2O4S/c1-3-19-12(16)6-7-15(2)20(17,18)9-4-5-10(13)11(14)8-9/h4-5,8H,3,6-7,14H2,1-2H3. The first kappa shape index (κ1) is 16.9. The van der Waals surface area contributed by atoms with Gasteiger partial charge in [-0.3, -0.25) is 4.79 Å². The van der Waals surface area contributed by atoms with Crippen molar-refractivity contribution in [3.05, 3.63) is 22.7 Å². The molecular formula is C12H17BrN2O4S. The maximum atomic E-state index is 12.3. The molecule has 0 spiro atoms. The molecule has 0 bridgehead atoms. The number of rotatable bonds is 6. The van der Waals surface area contributed by atoms with Gasteiger partial charge in [-0.15, -0.1) is 0 Å². The maximum absolute atomic E-state index is 12.3. The molecule has 2 N–H and O–H groups in total. The highest BCUT2D eigenvalue weighted by Gasteiger charge is 2.22. The zero-order chi connectivity index (χ0) is 15.3. The second-order valence-corrected chi connectivity index (χ2v) is 6.96. The lowest BCUT2D eigenvalue weighted by Gasteiger charge is -2.17. The minimum absolute atomic E-state index is 0.00950. The molecule has 0 aliphatic rings. The third-order valence-electron chi connectivity index (χ3n) is 2.61. The smallest absolute Gasteiger partial charge is 0.307 e. The van der Waals surface area contributed by atoms with Gasteiger partial charge in [0.1, 0.15) is 0 Å². The summed E-state index contributed by atoms with van der Waals surface area (Å²) in [7, 11) is -2.25. The van der Waals surface area contributed by atoms with Crippen LogP contribution in [0.1, 0.15) is 13.3 Å². The van der Waals surface area contributed by atoms with E-state index in [1.807, 2.05) is 0 Å². The molecule has 1 aromatic carbocycles. The number of nitrogen functional groups attached to an aromatic ring is 1. The molecule has 1 aromatic rings. The topological polar surface area (TPSA) is 89.7 Å². The number of ether oxygens (including phenoxy) is 1. The van der Waals surface area contributed by atoms with Gasteiger partial charge in [0.2, 0.25) is 10.0 Å². The van der Waals surface area contributed by atoms with Crippen molar-refractivity contribution in [1.29, 1.82) is 0 Å². The molecule has 0 unspecified atom stereocenters. The highest BCUT2D eigenvalue weighted by atomic mass is 79.9. The van der Waals surface area contributed by atoms with Gasteiger partial charge in [-0.05, 0) is 41.1 Å². The Kier molecular flexibility index (Phi) is 5.97. The molecule has 0 aliphatic heterocycles. The number of sulfonamides is 1. The van der Waals surface area contributed by atoms with Crippen molar-refractivity contribution in [2.45, 2.75) is 18.2 Å². The largest absolute Gasteiger partial charge is 0.466 e. The Hall–Kier alpha value is -1.12. The molecule has 0 aliphatic carbocycles. The number of halogens is 1. The van der Waals surface area contributed by atoms with Crippen molar-refractivity contribution < 1.29 is 17.9 Å². The first-order valence-corrected chi connectivity index (χ1v) is 8.19. The van der Waals surface area contributed by atoms with E-state index in [0.717, 1.165) is 4.31 Å². The second kappa shape index (κ2) is 7.05. The molecule has 112 valence electrons. The van der Waals surface area contributed by atoms with Gasteiger partial charge in [0, 0.05) is 23.8 Å². The normalized spacial score (nSPS) is 11.6. The lowest BCUT2D eigenvalue weighted by atomic mass is 10.3. The van der Waals surface area contributed by atoms with Gasteiger partial charge in [0.25, 0.3) is 0 Å². The Bertz CT molecular complexity index is 589. The lowest BCUT2D eigenvalue weighted by molar-refractivity contribution is -0.143. The Balaban J connectivity index is 2.82. The van der Waals surface area contributed by atoms with E-state index >= 15 is 0 Å². The van der Waals surface area contributed by atoms with E-state index in [1.54, 1.807) is 13.0 Å². The fourth-order valence-corrected chi connectivity index (χ4v) is 2.92. The minimum atomic E-state index is -3.66. The number of nitrogens with zero attached hydrogens (tertiary/aromatic N) is 1. The van der Waals surface area contributed by atoms with Crippen LogP contribution >= 0.6 is 15.9 Å². The van der Waals surface area contributed by atoms with E-state index in [1.165, 1.54) is 19.2 Å². The fourth-order valence-electron chi connectivity index (χ4n) is 1.46. The van der Waals surface area contributed by atoms with E-state index in [-0.39, 0.29) is 24.5 Å². The molecule has 1 rings (SSSR count). The summed E-state index contributed by atoms with van der Waals surface area (Å²) < 4.78 is 31.0. The van der Waals surface area contributed by atoms with Gasteiger partial charge in [0.05, 0.1) is 17.9 Å². The molecule has 0 saturated heterocycles. The van der Waals surface area contributed by atoms with E-state index in [4.69, 9.17) is 10.5 Å². The summed E-state index contributed by atoms with van der Waals surface area (Å²) in [5, 5.41) is 0. The van der Waals surface area contributed by atoms with Gasteiger partial charge < -0.3 is 10.5 Å². The van der Waals surface area contributed by atoms with Crippen LogP contribution in [0.3, 0.4) is 0 Å². The average molecular weight is 365 g/mol. The van der Waals surface area contributed by atoms with Gasteiger partial charge in [-0.2, -0.15) is 0 Å². The van der Waals surface area contributed by atoms with Crippen LogP contribution in [0.2, 0.25) is 0 Å². The molecule has 0 amide bonds. The Morgan fingerprint density at radius 1 is 1.45 bits per heavy atom. The Morgan fingerprint density at radius 3 is 2.65 bits per heavy atom. The highest BCUT2D eigenvalue weighted by molar-refractivity contribution is 9.10. The number of nitrogens with two attached hydrogens (primary N) is 1. The van der Waals surface area contributed by atoms with Crippen LogP contribution in [0.4, 0.5) is 5.69 Å². The van der Waals surface area contributed by atoms with Crippen LogP contribution in [-0.4, -0.2) is 38.9 Å². The van der Waals surface area contributed by atoms with E-state index in [0.29, 0.717) is 10.2 Å². The number of carbonyl (C=O) groups is 1. The van der Waals surface area contributed by atoms with E-state index < -0.39 is 16.0 Å². The molecule has 0 atom stereocenters. The summed E-state index contributed by atoms with van der Waals surface area (Å²) in [5.41, 5.74) is 6.01. The summed E-state index contributed by atoms with van der Waals surface area (Å²) in [4.78, 5) is 11.3. The number of hydrogen-bond donors (Lipinski definition) is 1. The fraction of sp³-hybridized carbons (Fsp3) is 0.417. The molecule has 8 heteroatoms. The maximum Gasteiger partial charge on any atom is 0.307 e. The predicted molar refractivity (Wildman–Crippen MR) is 79.6 cm³/mol. The van der Waals surface area contributed by atoms with Gasteiger partial charge in [0.15, 0.2) is 0 Å². The van der Waals surface area contributed by atoms with Crippen LogP contribution in [0.5, 0.6) is 0 Å². The van der Waals surface area contributed by atoms with Crippen LogP contribution in [-0.2, 0) is 19.6 Å². The quantitative estimate of drug-likeness (QED) is 0.611. The lowest BCUT2D eigenvalue weighted by Crippen LogP contribution is -2.29. The average Bonchev–Trinajstić information content (AvgIpc) is 2.39. The van der Waals surface area contributed by atoms with Crippen molar-refractivity contribution in [3.63, 3.8) is 0 Å². The summed E-state index contributed by atoms with van der Waals surface area (Å²) in [6.07, 6.45) is 0.00950. The van der Waals surface area contributed by atoms with Crippen molar-refractivity contribution >= 4 is 37.6 Å². The number of hydrogen-bond acceptors (Lipinski definition) is 5. The highest BCUT2D eigenvalue weighted by Crippen LogP contribution is 2.24. The Labute approximate surface area is 127 Å². The first-order valence-electron chi connectivity index (χ1n) is 5.96. The van der Waals surface area contributed by atoms with E-state index in [2.05, 4.69) is 15.9 Å². The monoisotopic (exact) mass is 364 g/mol. The van der Waals surface area contributed by atoms with Crippen LogP contribution in [0.25, 0.3) is 0 Å². The van der Waals surface area contributed by atoms with Crippen molar-refractivity contribution in [2.75, 3.05) is 25.9 Å². The van der Waals surface area contributed by atoms with Crippen molar-refractivity contribution in [3.8, 4) is 0 Å². The summed E-state index contributed by atoms with van der Waals surface area (Å²) in [6, 6.07) is 4.40. The van der Waals surface area contributed by atoms with Crippen molar-refractivity contribution in [1.82, 2.24) is 4.31 Å². The van der Waals surface area contributed by atoms with E-state index in [9.17, 15) is 13.2 Å². The van der Waals surface area contributed by atoms with Crippen LogP contribution in [0.15, 0.2) is 27.6 Å². The minimum Gasteiger partial charge on any atom is -0.466 e. The van der Waals surface area contributed by atoms with Crippen LogP contribution < -0.4 is 5.73 Å². The number of benzene rings is 1. The van der Waals surface area contributed by atoms with Gasteiger partial charge >= 0.3 is 5.97 Å². The Morgan fingerprint density at radius 2 is 2.10 bits per heavy atom. The predicted octanol–water partition coefficient (Wildman–Crippen LogP) is 1.60. The van der Waals surface area contributed by atoms with Gasteiger partial charge in [-0.1, -0.05) is 0 Å². The molecular weight excluding hydrogens is 348 g/mol. The van der Waals surface area contributed by atoms with Crippen LogP contribution in [0, 0.1) is 0 Å². The third-order valence-corrected chi connectivity index (χ3v) is 5.19. The number of esters is 1. The van der Waals surface area contributed by atoms with Crippen molar-refractivity contribution in [2.24, 2.45) is 0 Å². The molecule has 20 heavy (non-hydrogen) atoms. The molecule has 0 radical (unpaired) electrons. The second-order valence-electron chi connectivity index (χ2n) is 4.06. The molecule has 0 heterocycles. The number of carbonyl (C=O) groups excluding carboxylic acids is 1. The molecule has 0 saturated carbocycles. The summed E-state index contributed by atoms with van der Waals surface area (Å²) in [5.74, 6) is -0.426. The summed E-state index contributed by atoms with van der Waals surface area (Å²) in [6.45, 7) is 2.03. The SMILES string of the molecule is CCOC(=O)CCN(C)S(=O)(=O)c1ccc(Br)c(N)c1. The summed E-state index contributed by atoms with van der Waals surface area (Å²) >= 11 is 3.21. The first-order chi connectivity index (χ1) is 9.28. The molecule has 0 aromatic heterocycles. The zero-order valence-electron chi connectivity index (χ0n) is 11.3. The zero-order valence-corrected chi connectivity index (χ0v) is 13.7. The number of anilines is 1. The molecule has 6 nitrogen and oxygen atoms in total. The third kappa shape index (κ3) is 4.19. The molecule has 0 fully saturated rings.